The van der Waals surface area contributed by atoms with Gasteiger partial charge >= 0.3 is 6.18 Å². The van der Waals surface area contributed by atoms with Crippen LogP contribution in [0.1, 0.15) is 47.5 Å². The zero-order valence-corrected chi connectivity index (χ0v) is 17.5. The molecule has 0 radical (unpaired) electrons. The summed E-state index contributed by atoms with van der Waals surface area (Å²) in [5.74, 6) is 0.760. The fraction of sp³-hybridized carbons (Fsp3) is 0.391. The number of halogens is 3. The Hall–Kier alpha value is -3.07. The second kappa shape index (κ2) is 8.46. The van der Waals surface area contributed by atoms with Gasteiger partial charge < -0.3 is 0 Å². The van der Waals surface area contributed by atoms with Crippen LogP contribution in [-0.4, -0.2) is 43.9 Å². The first kappa shape index (κ1) is 20.8. The highest BCUT2D eigenvalue weighted by molar-refractivity contribution is 5.97. The maximum atomic E-state index is 12.9. The second-order valence-electron chi connectivity index (χ2n) is 8.26. The van der Waals surface area contributed by atoms with Crippen LogP contribution < -0.4 is 0 Å². The maximum Gasteiger partial charge on any atom is 0.416 e. The molecule has 2 aliphatic rings. The number of hydrogen-bond donors (Lipinski definition) is 1. The van der Waals surface area contributed by atoms with Gasteiger partial charge in [-0.3, -0.25) is 15.0 Å². The molecule has 0 saturated heterocycles. The number of nitrogens with zero attached hydrogens (tertiary/aromatic N) is 5. The fourth-order valence-electron chi connectivity index (χ4n) is 4.28. The van der Waals surface area contributed by atoms with Gasteiger partial charge in [0.25, 0.3) is 0 Å². The molecule has 0 fully saturated rings. The minimum absolute atomic E-state index is 0.640. The highest BCUT2D eigenvalue weighted by Gasteiger charge is 2.30. The molecule has 1 aromatic carbocycles. The molecule has 0 bridgehead atoms. The Kier molecular flexibility index (Phi) is 5.50. The van der Waals surface area contributed by atoms with Gasteiger partial charge in [-0.25, -0.2) is 9.97 Å². The first-order valence-electron chi connectivity index (χ1n) is 10.8. The molecule has 1 N–H and O–H groups in total. The first-order chi connectivity index (χ1) is 15.5. The van der Waals surface area contributed by atoms with Crippen LogP contribution in [0.3, 0.4) is 0 Å². The van der Waals surface area contributed by atoms with Crippen LogP contribution in [0.2, 0.25) is 0 Å². The molecule has 6 nitrogen and oxygen atoms in total. The second-order valence-corrected chi connectivity index (χ2v) is 8.26. The molecule has 2 aliphatic heterocycles. The molecule has 32 heavy (non-hydrogen) atoms. The zero-order chi connectivity index (χ0) is 22.1. The Balaban J connectivity index is 1.30. The zero-order valence-electron chi connectivity index (χ0n) is 17.5. The molecule has 2 aromatic heterocycles. The van der Waals surface area contributed by atoms with Gasteiger partial charge in [0.05, 0.1) is 28.9 Å². The molecule has 0 atom stereocenters. The van der Waals surface area contributed by atoms with E-state index in [4.69, 9.17) is 4.98 Å². The monoisotopic (exact) mass is 440 g/mol. The number of aliphatic imine (C=N–C) groups is 1. The minimum atomic E-state index is -4.35. The average molecular weight is 440 g/mol. The lowest BCUT2D eigenvalue weighted by Crippen LogP contribution is -2.31. The van der Waals surface area contributed by atoms with Gasteiger partial charge in [0, 0.05) is 49.9 Å². The normalized spacial score (nSPS) is 17.2. The van der Waals surface area contributed by atoms with Gasteiger partial charge in [0.2, 0.25) is 0 Å². The van der Waals surface area contributed by atoms with E-state index in [1.165, 1.54) is 12.1 Å². The van der Waals surface area contributed by atoms with Crippen molar-refractivity contribution >= 4 is 5.71 Å². The van der Waals surface area contributed by atoms with Crippen molar-refractivity contribution in [3.8, 4) is 11.3 Å². The number of fused-ring (bicyclic) bond motifs is 1. The van der Waals surface area contributed by atoms with Crippen LogP contribution in [0.25, 0.3) is 11.3 Å². The minimum Gasteiger partial charge on any atom is -0.294 e. The van der Waals surface area contributed by atoms with Gasteiger partial charge in [-0.1, -0.05) is 12.1 Å². The smallest absolute Gasteiger partial charge is 0.294 e. The van der Waals surface area contributed by atoms with Gasteiger partial charge in [0.1, 0.15) is 0 Å². The van der Waals surface area contributed by atoms with Crippen molar-refractivity contribution in [1.82, 2.24) is 25.1 Å². The summed E-state index contributed by atoms with van der Waals surface area (Å²) >= 11 is 0. The van der Waals surface area contributed by atoms with Crippen LogP contribution >= 0.6 is 0 Å². The fourth-order valence-corrected chi connectivity index (χ4v) is 4.28. The molecule has 0 amide bonds. The third-order valence-electron chi connectivity index (χ3n) is 6.01. The summed E-state index contributed by atoms with van der Waals surface area (Å²) in [5.41, 5.74) is 4.91. The third kappa shape index (κ3) is 4.29. The Morgan fingerprint density at radius 1 is 1.03 bits per heavy atom. The Bertz CT molecular complexity index is 1130. The summed E-state index contributed by atoms with van der Waals surface area (Å²) in [6.45, 7) is 3.06. The number of aromatic amines is 1. The summed E-state index contributed by atoms with van der Waals surface area (Å²) in [6, 6.07) is 5.16. The van der Waals surface area contributed by atoms with Crippen molar-refractivity contribution in [2.45, 2.75) is 44.9 Å². The lowest BCUT2D eigenvalue weighted by molar-refractivity contribution is -0.137. The molecule has 0 unspecified atom stereocenters. The quantitative estimate of drug-likeness (QED) is 0.652. The van der Waals surface area contributed by atoms with Crippen LogP contribution in [0.15, 0.2) is 41.7 Å². The van der Waals surface area contributed by atoms with Crippen LogP contribution in [0, 0.1) is 0 Å². The van der Waals surface area contributed by atoms with Gasteiger partial charge in [-0.2, -0.15) is 18.3 Å². The number of aromatic nitrogens is 4. The largest absolute Gasteiger partial charge is 0.416 e. The standard InChI is InChI=1S/C23H23F3N6/c24-23(25,26)18-6-4-15(5-7-18)21-17(12-29-31-21)14-32-10-8-19-16(13-32)11-28-22(30-19)20-3-1-2-9-27-20/h4-7,11-12H,1-3,8-10,13-14H2,(H,29,31). The van der Waals surface area contributed by atoms with E-state index in [1.54, 1.807) is 6.20 Å². The van der Waals surface area contributed by atoms with E-state index in [1.807, 2.05) is 6.20 Å². The van der Waals surface area contributed by atoms with Crippen molar-refractivity contribution in [3.05, 3.63) is 64.9 Å². The summed E-state index contributed by atoms with van der Waals surface area (Å²) in [5, 5.41) is 7.07. The molecule has 0 spiro atoms. The molecule has 4 heterocycles. The summed E-state index contributed by atoms with van der Waals surface area (Å²) in [6.07, 6.45) is 3.34. The lowest BCUT2D eigenvalue weighted by atomic mass is 10.0. The number of alkyl halides is 3. The number of benzene rings is 1. The molecule has 3 aromatic rings. The van der Waals surface area contributed by atoms with Gasteiger partial charge in [0.15, 0.2) is 5.82 Å². The molecule has 0 saturated carbocycles. The van der Waals surface area contributed by atoms with E-state index in [9.17, 15) is 13.2 Å². The van der Waals surface area contributed by atoms with E-state index in [2.05, 4.69) is 25.1 Å². The van der Waals surface area contributed by atoms with E-state index in [0.29, 0.717) is 12.1 Å². The number of rotatable bonds is 4. The van der Waals surface area contributed by atoms with E-state index < -0.39 is 11.7 Å². The summed E-state index contributed by atoms with van der Waals surface area (Å²) in [4.78, 5) is 16.2. The van der Waals surface area contributed by atoms with Crippen molar-refractivity contribution in [2.24, 2.45) is 4.99 Å². The van der Waals surface area contributed by atoms with Crippen LogP contribution in [0.4, 0.5) is 13.2 Å². The lowest BCUT2D eigenvalue weighted by Gasteiger charge is -2.28. The summed E-state index contributed by atoms with van der Waals surface area (Å²) < 4.78 is 38.6. The number of nitrogens with one attached hydrogen (secondary N) is 1. The molecular weight excluding hydrogens is 417 g/mol. The Morgan fingerprint density at radius 2 is 1.88 bits per heavy atom. The molecule has 166 valence electrons. The topological polar surface area (TPSA) is 70.1 Å². The summed E-state index contributed by atoms with van der Waals surface area (Å²) in [7, 11) is 0. The third-order valence-corrected chi connectivity index (χ3v) is 6.01. The number of hydrogen-bond acceptors (Lipinski definition) is 5. The number of H-pyrrole nitrogens is 1. The molecule has 0 aliphatic carbocycles. The van der Waals surface area contributed by atoms with Crippen LogP contribution in [0.5, 0.6) is 0 Å². The van der Waals surface area contributed by atoms with Crippen molar-refractivity contribution in [2.75, 3.05) is 13.1 Å². The van der Waals surface area contributed by atoms with Crippen molar-refractivity contribution in [3.63, 3.8) is 0 Å². The van der Waals surface area contributed by atoms with E-state index in [0.717, 1.165) is 91.5 Å². The highest BCUT2D eigenvalue weighted by atomic mass is 19.4. The predicted octanol–water partition coefficient (Wildman–Crippen LogP) is 4.42. The maximum absolute atomic E-state index is 12.9. The van der Waals surface area contributed by atoms with Crippen molar-refractivity contribution < 1.29 is 13.2 Å². The van der Waals surface area contributed by atoms with Crippen molar-refractivity contribution in [1.29, 1.82) is 0 Å². The van der Waals surface area contributed by atoms with E-state index in [-0.39, 0.29) is 0 Å². The Morgan fingerprint density at radius 3 is 2.62 bits per heavy atom. The SMILES string of the molecule is FC(F)(F)c1ccc(-c2[nH]ncc2CN2CCc3nc(C4=NCCCC4)ncc3C2)cc1. The van der Waals surface area contributed by atoms with Crippen LogP contribution in [-0.2, 0) is 25.7 Å². The average Bonchev–Trinajstić information content (AvgIpc) is 3.27. The van der Waals surface area contributed by atoms with E-state index >= 15 is 0 Å². The molecule has 9 heteroatoms. The molecular formula is C23H23F3N6. The highest BCUT2D eigenvalue weighted by Crippen LogP contribution is 2.31. The van der Waals surface area contributed by atoms with Gasteiger partial charge in [-0.05, 0) is 37.0 Å². The molecule has 5 rings (SSSR count). The van der Waals surface area contributed by atoms with Gasteiger partial charge in [-0.15, -0.1) is 0 Å². The Labute approximate surface area is 183 Å². The first-order valence-corrected chi connectivity index (χ1v) is 10.8. The predicted molar refractivity (Wildman–Crippen MR) is 114 cm³/mol.